The fourth-order valence-electron chi connectivity index (χ4n) is 1.60. The smallest absolute Gasteiger partial charge is 0.115 e. The highest BCUT2D eigenvalue weighted by molar-refractivity contribution is 5.37. The Labute approximate surface area is 115 Å². The summed E-state index contributed by atoms with van der Waals surface area (Å²) in [5.74, 6) is 6.64. The van der Waals surface area contributed by atoms with E-state index in [0.717, 1.165) is 11.3 Å². The highest BCUT2D eigenvalue weighted by Gasteiger charge is 2.28. The van der Waals surface area contributed by atoms with Crippen molar-refractivity contribution in [2.24, 2.45) is 0 Å². The van der Waals surface area contributed by atoms with Gasteiger partial charge in [-0.2, -0.15) is 0 Å². The summed E-state index contributed by atoms with van der Waals surface area (Å²) in [6.45, 7) is 5.91. The van der Waals surface area contributed by atoms with E-state index in [2.05, 4.69) is 18.4 Å². The van der Waals surface area contributed by atoms with Crippen LogP contribution in [0, 0.1) is 11.8 Å². The van der Waals surface area contributed by atoms with Gasteiger partial charge < -0.3 is 14.9 Å². The zero-order valence-electron chi connectivity index (χ0n) is 11.4. The first-order chi connectivity index (χ1) is 9.15. The van der Waals surface area contributed by atoms with Crippen LogP contribution in [0.15, 0.2) is 36.1 Å². The van der Waals surface area contributed by atoms with Crippen LogP contribution in [-0.2, 0) is 4.74 Å². The second kappa shape index (κ2) is 8.58. The van der Waals surface area contributed by atoms with Gasteiger partial charge in [-0.15, -0.1) is 0 Å². The molecule has 0 amide bonds. The van der Waals surface area contributed by atoms with Crippen LogP contribution in [0.4, 0.5) is 0 Å². The number of rotatable bonds is 6. The molecular formula is C16H22O3. The van der Waals surface area contributed by atoms with Crippen LogP contribution in [0.3, 0.4) is 0 Å². The van der Waals surface area contributed by atoms with Crippen molar-refractivity contribution in [3.05, 3.63) is 36.1 Å². The van der Waals surface area contributed by atoms with E-state index in [1.807, 2.05) is 25.2 Å². The van der Waals surface area contributed by atoms with Crippen LogP contribution in [-0.4, -0.2) is 29.0 Å². The van der Waals surface area contributed by atoms with E-state index in [1.165, 1.54) is 0 Å². The van der Waals surface area contributed by atoms with E-state index in [9.17, 15) is 5.11 Å². The number of hydrogen-bond acceptors (Lipinski definition) is 3. The van der Waals surface area contributed by atoms with Crippen LogP contribution < -0.4 is 0 Å². The molecule has 0 aliphatic heterocycles. The molecule has 0 unspecified atom stereocenters. The Morgan fingerprint density at radius 1 is 1.42 bits per heavy atom. The molecule has 2 N–H and O–H groups in total. The van der Waals surface area contributed by atoms with Gasteiger partial charge in [0.15, 0.2) is 0 Å². The number of aliphatic hydroxyl groups is 2. The van der Waals surface area contributed by atoms with Crippen LogP contribution in [0.25, 0.3) is 0 Å². The number of hydrogen-bond donors (Lipinski definition) is 2. The predicted octanol–water partition coefficient (Wildman–Crippen LogP) is 2.32. The molecule has 0 saturated heterocycles. The van der Waals surface area contributed by atoms with E-state index in [4.69, 9.17) is 9.84 Å². The molecule has 1 aliphatic rings. The Morgan fingerprint density at radius 3 is 2.74 bits per heavy atom. The third-order valence-corrected chi connectivity index (χ3v) is 2.81. The van der Waals surface area contributed by atoms with E-state index in [-0.39, 0.29) is 18.8 Å². The number of allylic oxidation sites excluding steroid dienone is 4. The van der Waals surface area contributed by atoms with Gasteiger partial charge in [0.1, 0.15) is 11.9 Å². The maximum absolute atomic E-state index is 9.20. The van der Waals surface area contributed by atoms with Gasteiger partial charge in [-0.05, 0) is 31.6 Å². The molecule has 19 heavy (non-hydrogen) atoms. The molecule has 1 aliphatic carbocycles. The van der Waals surface area contributed by atoms with E-state index < -0.39 is 0 Å². The lowest BCUT2D eigenvalue weighted by Crippen LogP contribution is -2.34. The molecule has 1 rings (SSSR count). The lowest BCUT2D eigenvalue weighted by atomic mass is 9.92. The van der Waals surface area contributed by atoms with Crippen molar-refractivity contribution >= 4 is 0 Å². The van der Waals surface area contributed by atoms with Crippen molar-refractivity contribution in [2.75, 3.05) is 6.61 Å². The van der Waals surface area contributed by atoms with Gasteiger partial charge in [-0.1, -0.05) is 18.4 Å². The maximum atomic E-state index is 9.20. The summed E-state index contributed by atoms with van der Waals surface area (Å²) >= 11 is 0. The van der Waals surface area contributed by atoms with Crippen LogP contribution >= 0.6 is 0 Å². The standard InChI is InChI=1S/C16H22O3/c1-3-15(19-16-11-14(18)12-16)9-8-13(2)7-5-4-6-10-17/h3,8-9,14,16-18H,2,4,6,10-12H2,1H3/b9-8-,15-3?. The molecular weight excluding hydrogens is 240 g/mol. The Morgan fingerprint density at radius 2 is 2.16 bits per heavy atom. The maximum Gasteiger partial charge on any atom is 0.115 e. The van der Waals surface area contributed by atoms with Gasteiger partial charge in [0.25, 0.3) is 0 Å². The second-order valence-electron chi connectivity index (χ2n) is 4.54. The molecule has 3 nitrogen and oxygen atoms in total. The number of unbranched alkanes of at least 4 members (excludes halogenated alkanes) is 1. The minimum atomic E-state index is -0.209. The summed E-state index contributed by atoms with van der Waals surface area (Å²) in [6, 6.07) is 0. The molecule has 0 atom stereocenters. The zero-order chi connectivity index (χ0) is 14.1. The van der Waals surface area contributed by atoms with Crippen molar-refractivity contribution in [2.45, 2.75) is 44.8 Å². The van der Waals surface area contributed by atoms with Gasteiger partial charge in [-0.25, -0.2) is 0 Å². The predicted molar refractivity (Wildman–Crippen MR) is 76.2 cm³/mol. The Hall–Kier alpha value is -1.50. The van der Waals surface area contributed by atoms with Crippen LogP contribution in [0.5, 0.6) is 0 Å². The molecule has 104 valence electrons. The lowest BCUT2D eigenvalue weighted by Gasteiger charge is -2.31. The van der Waals surface area contributed by atoms with E-state index in [0.29, 0.717) is 25.7 Å². The molecule has 0 spiro atoms. The summed E-state index contributed by atoms with van der Waals surface area (Å²) in [6.07, 6.45) is 8.22. The van der Waals surface area contributed by atoms with Crippen molar-refractivity contribution in [1.29, 1.82) is 0 Å². The van der Waals surface area contributed by atoms with E-state index in [1.54, 1.807) is 0 Å². The average Bonchev–Trinajstić information content (AvgIpc) is 2.37. The first-order valence-corrected chi connectivity index (χ1v) is 6.63. The molecule has 3 heteroatoms. The normalized spacial score (nSPS) is 22.6. The number of ether oxygens (including phenoxy) is 1. The molecule has 0 heterocycles. The Bertz CT molecular complexity index is 403. The van der Waals surface area contributed by atoms with Crippen molar-refractivity contribution in [3.8, 4) is 11.8 Å². The van der Waals surface area contributed by atoms with Crippen molar-refractivity contribution in [3.63, 3.8) is 0 Å². The second-order valence-corrected chi connectivity index (χ2v) is 4.54. The highest BCUT2D eigenvalue weighted by Crippen LogP contribution is 2.25. The first kappa shape index (κ1) is 15.6. The summed E-state index contributed by atoms with van der Waals surface area (Å²) in [5.41, 5.74) is 0.717. The minimum absolute atomic E-state index is 0.120. The average molecular weight is 262 g/mol. The Balaban J connectivity index is 2.35. The third kappa shape index (κ3) is 6.28. The topological polar surface area (TPSA) is 49.7 Å². The quantitative estimate of drug-likeness (QED) is 0.334. The van der Waals surface area contributed by atoms with Gasteiger partial charge in [0.05, 0.1) is 6.10 Å². The molecule has 1 fully saturated rings. The molecule has 0 bridgehead atoms. The fraction of sp³-hybridized carbons (Fsp3) is 0.500. The largest absolute Gasteiger partial charge is 0.491 e. The zero-order valence-corrected chi connectivity index (χ0v) is 11.4. The van der Waals surface area contributed by atoms with Crippen LogP contribution in [0.2, 0.25) is 0 Å². The monoisotopic (exact) mass is 262 g/mol. The van der Waals surface area contributed by atoms with Gasteiger partial charge in [-0.3, -0.25) is 0 Å². The minimum Gasteiger partial charge on any atom is -0.491 e. The van der Waals surface area contributed by atoms with Gasteiger partial charge >= 0.3 is 0 Å². The molecule has 1 saturated carbocycles. The molecule has 0 aromatic heterocycles. The SMILES string of the molecule is C=C(C#CCCCO)/C=C\C(=CC)OC1CC(O)C1. The fourth-order valence-corrected chi connectivity index (χ4v) is 1.60. The van der Waals surface area contributed by atoms with Gasteiger partial charge in [0.2, 0.25) is 0 Å². The molecule has 0 radical (unpaired) electrons. The van der Waals surface area contributed by atoms with Crippen molar-refractivity contribution < 1.29 is 14.9 Å². The lowest BCUT2D eigenvalue weighted by molar-refractivity contribution is -0.0402. The summed E-state index contributed by atoms with van der Waals surface area (Å²) < 4.78 is 5.69. The summed E-state index contributed by atoms with van der Waals surface area (Å²) in [4.78, 5) is 0. The summed E-state index contributed by atoms with van der Waals surface area (Å²) in [7, 11) is 0. The molecule has 0 aromatic rings. The Kier molecular flexibility index (Phi) is 7.02. The highest BCUT2D eigenvalue weighted by atomic mass is 16.5. The summed E-state index contributed by atoms with van der Waals surface area (Å²) in [5, 5.41) is 17.8. The first-order valence-electron chi connectivity index (χ1n) is 6.63. The van der Waals surface area contributed by atoms with Gasteiger partial charge in [0, 0.05) is 31.4 Å². The van der Waals surface area contributed by atoms with Crippen LogP contribution in [0.1, 0.15) is 32.6 Å². The molecule has 0 aromatic carbocycles. The van der Waals surface area contributed by atoms with E-state index >= 15 is 0 Å². The van der Waals surface area contributed by atoms with Crippen molar-refractivity contribution in [1.82, 2.24) is 0 Å². The third-order valence-electron chi connectivity index (χ3n) is 2.81. The number of aliphatic hydroxyl groups excluding tert-OH is 2.